The zero-order valence-corrected chi connectivity index (χ0v) is 16.0. The largest absolute Gasteiger partial charge is 0.484 e. The number of halogens is 1. The molecule has 2 aromatic carbocycles. The van der Waals surface area contributed by atoms with Crippen LogP contribution in [0.4, 0.5) is 4.39 Å². The van der Waals surface area contributed by atoms with Crippen LogP contribution in [0.25, 0.3) is 11.5 Å². The normalized spacial score (nSPS) is 16.2. The van der Waals surface area contributed by atoms with Gasteiger partial charge in [-0.3, -0.25) is 4.79 Å². The van der Waals surface area contributed by atoms with Crippen LogP contribution in [0.5, 0.6) is 5.75 Å². The summed E-state index contributed by atoms with van der Waals surface area (Å²) in [5.41, 5.74) is 0.696. The van der Waals surface area contributed by atoms with E-state index in [9.17, 15) is 9.18 Å². The Hall–Kier alpha value is -3.22. The van der Waals surface area contributed by atoms with E-state index < -0.39 is 0 Å². The number of carbonyl (C=O) groups excluding carboxylic acids is 1. The molecule has 150 valence electrons. The second kappa shape index (κ2) is 8.86. The Balaban J connectivity index is 1.23. The molecule has 2 heterocycles. The Morgan fingerprint density at radius 2 is 1.97 bits per heavy atom. The topological polar surface area (TPSA) is 68.5 Å². The Labute approximate surface area is 168 Å². The minimum Gasteiger partial charge on any atom is -0.484 e. The number of amides is 1. The summed E-state index contributed by atoms with van der Waals surface area (Å²) in [6.45, 7) is 1.52. The Morgan fingerprint density at radius 3 is 2.76 bits per heavy atom. The van der Waals surface area contributed by atoms with Gasteiger partial charge in [-0.25, -0.2) is 4.39 Å². The number of aromatic nitrogens is 2. The third kappa shape index (κ3) is 4.99. The van der Waals surface area contributed by atoms with Crippen molar-refractivity contribution >= 4 is 5.91 Å². The first-order valence-corrected chi connectivity index (χ1v) is 9.71. The van der Waals surface area contributed by atoms with E-state index in [1.807, 2.05) is 35.2 Å². The Kier molecular flexibility index (Phi) is 5.84. The monoisotopic (exact) mass is 395 g/mol. The third-order valence-corrected chi connectivity index (χ3v) is 5.08. The predicted octanol–water partition coefficient (Wildman–Crippen LogP) is 3.74. The van der Waals surface area contributed by atoms with E-state index >= 15 is 0 Å². The number of aryl methyl sites for hydroxylation is 1. The van der Waals surface area contributed by atoms with Crippen molar-refractivity contribution in [1.29, 1.82) is 0 Å². The summed E-state index contributed by atoms with van der Waals surface area (Å²) in [7, 11) is 0. The number of benzene rings is 2. The van der Waals surface area contributed by atoms with Gasteiger partial charge < -0.3 is 14.2 Å². The van der Waals surface area contributed by atoms with Crippen LogP contribution in [0.1, 0.15) is 18.7 Å². The highest BCUT2D eigenvalue weighted by atomic mass is 19.1. The zero-order chi connectivity index (χ0) is 20.1. The van der Waals surface area contributed by atoms with Crippen LogP contribution in [0, 0.1) is 11.7 Å². The molecule has 1 aliphatic rings. The number of para-hydroxylation sites is 1. The first-order chi connectivity index (χ1) is 14.2. The van der Waals surface area contributed by atoms with Crippen LogP contribution in [0.2, 0.25) is 0 Å². The van der Waals surface area contributed by atoms with Gasteiger partial charge in [0.15, 0.2) is 12.4 Å². The van der Waals surface area contributed by atoms with Gasteiger partial charge in [-0.2, -0.15) is 4.98 Å². The summed E-state index contributed by atoms with van der Waals surface area (Å²) in [5, 5.41) is 4.01. The van der Waals surface area contributed by atoms with Crippen molar-refractivity contribution < 1.29 is 18.4 Å². The zero-order valence-electron chi connectivity index (χ0n) is 16.0. The summed E-state index contributed by atoms with van der Waals surface area (Å²) >= 11 is 0. The van der Waals surface area contributed by atoms with E-state index in [4.69, 9.17) is 9.26 Å². The van der Waals surface area contributed by atoms with Crippen LogP contribution >= 0.6 is 0 Å². The molecule has 1 amide bonds. The van der Waals surface area contributed by atoms with Gasteiger partial charge in [0.2, 0.25) is 0 Å². The van der Waals surface area contributed by atoms with Crippen LogP contribution in [-0.4, -0.2) is 40.6 Å². The standard InChI is InChI=1S/C22H22FN3O3/c23-18-9-7-17(8-10-18)22-24-20(25-29-22)11-6-16-12-13-26(14-16)21(27)15-28-19-4-2-1-3-5-19/h1-5,7-10,16H,6,11-15H2. The van der Waals surface area contributed by atoms with E-state index in [1.54, 1.807) is 12.1 Å². The molecule has 1 atom stereocenters. The molecule has 1 saturated heterocycles. The average molecular weight is 395 g/mol. The summed E-state index contributed by atoms with van der Waals surface area (Å²) in [4.78, 5) is 18.6. The van der Waals surface area contributed by atoms with Crippen molar-refractivity contribution in [3.05, 3.63) is 66.2 Å². The summed E-state index contributed by atoms with van der Waals surface area (Å²) < 4.78 is 23.8. The molecule has 4 rings (SSSR count). The number of likely N-dealkylation sites (tertiary alicyclic amines) is 1. The molecule has 1 fully saturated rings. The fourth-order valence-electron chi connectivity index (χ4n) is 3.45. The number of nitrogens with zero attached hydrogens (tertiary/aromatic N) is 3. The molecule has 1 unspecified atom stereocenters. The van der Waals surface area contributed by atoms with Crippen LogP contribution in [0.15, 0.2) is 59.1 Å². The highest BCUT2D eigenvalue weighted by molar-refractivity contribution is 5.78. The van der Waals surface area contributed by atoms with E-state index in [-0.39, 0.29) is 18.3 Å². The van der Waals surface area contributed by atoms with Crippen molar-refractivity contribution in [1.82, 2.24) is 15.0 Å². The SMILES string of the molecule is O=C(COc1ccccc1)N1CCC(CCc2noc(-c3ccc(F)cc3)n2)C1. The molecule has 1 aromatic heterocycles. The number of hydrogen-bond acceptors (Lipinski definition) is 5. The predicted molar refractivity (Wildman–Crippen MR) is 105 cm³/mol. The molecule has 0 spiro atoms. The molecule has 0 N–H and O–H groups in total. The molecule has 6 nitrogen and oxygen atoms in total. The fourth-order valence-corrected chi connectivity index (χ4v) is 3.45. The van der Waals surface area contributed by atoms with Crippen molar-refractivity contribution in [2.75, 3.05) is 19.7 Å². The minimum absolute atomic E-state index is 0.00881. The summed E-state index contributed by atoms with van der Waals surface area (Å²) in [6.07, 6.45) is 2.52. The first-order valence-electron chi connectivity index (χ1n) is 9.71. The van der Waals surface area contributed by atoms with E-state index in [1.165, 1.54) is 12.1 Å². The molecular formula is C22H22FN3O3. The van der Waals surface area contributed by atoms with Gasteiger partial charge in [0.1, 0.15) is 11.6 Å². The fraction of sp³-hybridized carbons (Fsp3) is 0.318. The summed E-state index contributed by atoms with van der Waals surface area (Å²) in [6, 6.07) is 15.3. The van der Waals surface area contributed by atoms with Gasteiger partial charge in [0.25, 0.3) is 11.8 Å². The summed E-state index contributed by atoms with van der Waals surface area (Å²) in [5.74, 6) is 1.83. The number of carbonyl (C=O) groups is 1. The van der Waals surface area contributed by atoms with E-state index in [0.29, 0.717) is 35.4 Å². The van der Waals surface area contributed by atoms with Gasteiger partial charge >= 0.3 is 0 Å². The quantitative estimate of drug-likeness (QED) is 0.610. The minimum atomic E-state index is -0.303. The van der Waals surface area contributed by atoms with Crippen LogP contribution in [0.3, 0.4) is 0 Å². The highest BCUT2D eigenvalue weighted by Crippen LogP contribution is 2.23. The Morgan fingerprint density at radius 1 is 1.17 bits per heavy atom. The molecule has 0 bridgehead atoms. The number of rotatable bonds is 7. The lowest BCUT2D eigenvalue weighted by Crippen LogP contribution is -2.33. The Bertz CT molecular complexity index is 943. The first kappa shape index (κ1) is 19.1. The molecule has 0 aliphatic carbocycles. The molecule has 7 heteroatoms. The van der Waals surface area contributed by atoms with Crippen LogP contribution in [-0.2, 0) is 11.2 Å². The molecule has 0 radical (unpaired) electrons. The van der Waals surface area contributed by atoms with E-state index in [2.05, 4.69) is 10.1 Å². The second-order valence-corrected chi connectivity index (χ2v) is 7.16. The highest BCUT2D eigenvalue weighted by Gasteiger charge is 2.26. The van der Waals surface area contributed by atoms with Crippen LogP contribution < -0.4 is 4.74 Å². The maximum atomic E-state index is 13.0. The lowest BCUT2D eigenvalue weighted by Gasteiger charge is -2.16. The average Bonchev–Trinajstić information content (AvgIpc) is 3.42. The molecular weight excluding hydrogens is 373 g/mol. The van der Waals surface area contributed by atoms with Gasteiger partial charge in [-0.1, -0.05) is 23.4 Å². The van der Waals surface area contributed by atoms with Crippen molar-refractivity contribution in [2.24, 2.45) is 5.92 Å². The van der Waals surface area contributed by atoms with Gasteiger partial charge in [-0.15, -0.1) is 0 Å². The molecule has 3 aromatic rings. The molecule has 29 heavy (non-hydrogen) atoms. The smallest absolute Gasteiger partial charge is 0.260 e. The maximum Gasteiger partial charge on any atom is 0.260 e. The second-order valence-electron chi connectivity index (χ2n) is 7.16. The third-order valence-electron chi connectivity index (χ3n) is 5.08. The van der Waals surface area contributed by atoms with Crippen molar-refractivity contribution in [3.8, 4) is 17.2 Å². The maximum absolute atomic E-state index is 13.0. The van der Waals surface area contributed by atoms with Crippen molar-refractivity contribution in [2.45, 2.75) is 19.3 Å². The van der Waals surface area contributed by atoms with Crippen molar-refractivity contribution in [3.63, 3.8) is 0 Å². The van der Waals surface area contributed by atoms with Gasteiger partial charge in [-0.05, 0) is 55.2 Å². The number of ether oxygens (including phenoxy) is 1. The van der Waals surface area contributed by atoms with E-state index in [0.717, 1.165) is 25.9 Å². The molecule has 1 aliphatic heterocycles. The van der Waals surface area contributed by atoms with Gasteiger partial charge in [0, 0.05) is 25.1 Å². The van der Waals surface area contributed by atoms with Gasteiger partial charge in [0.05, 0.1) is 0 Å². The lowest BCUT2D eigenvalue weighted by atomic mass is 10.0. The lowest BCUT2D eigenvalue weighted by molar-refractivity contribution is -0.132. The number of hydrogen-bond donors (Lipinski definition) is 0. The molecule has 0 saturated carbocycles.